The highest BCUT2D eigenvalue weighted by molar-refractivity contribution is 5.89. The van der Waals surface area contributed by atoms with E-state index in [2.05, 4.69) is 62.8 Å². The maximum atomic E-state index is 3.43. The fraction of sp³-hybridized carbons (Fsp3) is 0.500. The number of nitrogens with zero attached hydrogens (tertiary/aromatic N) is 1. The van der Waals surface area contributed by atoms with E-state index in [1.807, 2.05) is 7.05 Å². The van der Waals surface area contributed by atoms with Crippen molar-refractivity contribution in [3.05, 3.63) is 35.0 Å². The first-order valence-corrected chi connectivity index (χ1v) is 6.70. The summed E-state index contributed by atoms with van der Waals surface area (Å²) in [6.07, 6.45) is 1.08. The lowest BCUT2D eigenvalue weighted by atomic mass is 9.91. The summed E-state index contributed by atoms with van der Waals surface area (Å²) in [5.74, 6) is 0. The van der Waals surface area contributed by atoms with Crippen LogP contribution in [0.4, 0.5) is 0 Å². The first-order valence-electron chi connectivity index (χ1n) is 6.70. The molecule has 0 saturated heterocycles. The lowest BCUT2D eigenvalue weighted by Gasteiger charge is -2.25. The van der Waals surface area contributed by atoms with Crippen molar-refractivity contribution in [1.82, 2.24) is 9.88 Å². The van der Waals surface area contributed by atoms with Crippen LogP contribution in [-0.2, 0) is 19.0 Å². The van der Waals surface area contributed by atoms with Gasteiger partial charge in [-0.2, -0.15) is 0 Å². The van der Waals surface area contributed by atoms with Gasteiger partial charge in [0.1, 0.15) is 0 Å². The van der Waals surface area contributed by atoms with Crippen LogP contribution >= 0.6 is 0 Å². The minimum Gasteiger partial charge on any atom is -0.347 e. The first-order chi connectivity index (χ1) is 8.44. The zero-order valence-electron chi connectivity index (χ0n) is 12.4. The molecule has 0 amide bonds. The molecule has 0 fully saturated rings. The number of rotatable bonds is 3. The maximum Gasteiger partial charge on any atom is 0.0515 e. The zero-order chi connectivity index (χ0) is 13.5. The Morgan fingerprint density at radius 1 is 1.28 bits per heavy atom. The van der Waals surface area contributed by atoms with Gasteiger partial charge < -0.3 is 9.88 Å². The Labute approximate surface area is 110 Å². The molecular formula is C16H24N2. The van der Waals surface area contributed by atoms with Gasteiger partial charge in [0, 0.05) is 29.2 Å². The third-order valence-corrected chi connectivity index (χ3v) is 4.22. The minimum atomic E-state index is -0.00401. The standard InChI is InChI=1S/C16H24N2/c1-7-12-9-8-10-13-14(16(3,4)17-5)11(2)18(6)15(12)13/h8-10,17H,7H2,1-6H3. The molecule has 18 heavy (non-hydrogen) atoms. The highest BCUT2D eigenvalue weighted by Gasteiger charge is 2.26. The number of hydrogen-bond donors (Lipinski definition) is 1. The topological polar surface area (TPSA) is 17.0 Å². The van der Waals surface area contributed by atoms with Gasteiger partial charge >= 0.3 is 0 Å². The summed E-state index contributed by atoms with van der Waals surface area (Å²) in [7, 11) is 4.20. The number of benzene rings is 1. The van der Waals surface area contributed by atoms with Crippen LogP contribution in [0.5, 0.6) is 0 Å². The van der Waals surface area contributed by atoms with Gasteiger partial charge in [-0.05, 0) is 39.8 Å². The van der Waals surface area contributed by atoms with E-state index in [0.29, 0.717) is 0 Å². The quantitative estimate of drug-likeness (QED) is 0.874. The van der Waals surface area contributed by atoms with E-state index in [1.54, 1.807) is 0 Å². The predicted octanol–water partition coefficient (Wildman–Crippen LogP) is 3.50. The first kappa shape index (κ1) is 13.2. The van der Waals surface area contributed by atoms with Crippen molar-refractivity contribution in [2.24, 2.45) is 7.05 Å². The summed E-state index contributed by atoms with van der Waals surface area (Å²) in [6.45, 7) is 8.93. The van der Waals surface area contributed by atoms with E-state index in [0.717, 1.165) is 6.42 Å². The largest absolute Gasteiger partial charge is 0.347 e. The van der Waals surface area contributed by atoms with Gasteiger partial charge in [-0.15, -0.1) is 0 Å². The van der Waals surface area contributed by atoms with Gasteiger partial charge in [-0.1, -0.05) is 25.1 Å². The summed E-state index contributed by atoms with van der Waals surface area (Å²) in [5, 5.41) is 4.81. The molecule has 1 heterocycles. The average Bonchev–Trinajstić information content (AvgIpc) is 2.62. The summed E-state index contributed by atoms with van der Waals surface area (Å²) in [5.41, 5.74) is 5.57. The number of fused-ring (bicyclic) bond motifs is 1. The second kappa shape index (κ2) is 4.43. The molecule has 0 saturated carbocycles. The summed E-state index contributed by atoms with van der Waals surface area (Å²) in [6, 6.07) is 6.66. The molecular weight excluding hydrogens is 220 g/mol. The van der Waals surface area contributed by atoms with Gasteiger partial charge in [-0.3, -0.25) is 0 Å². The molecule has 0 bridgehead atoms. The van der Waals surface area contributed by atoms with Gasteiger partial charge in [0.25, 0.3) is 0 Å². The molecule has 1 N–H and O–H groups in total. The third-order valence-electron chi connectivity index (χ3n) is 4.22. The molecule has 0 unspecified atom stereocenters. The molecule has 0 radical (unpaired) electrons. The van der Waals surface area contributed by atoms with Crippen LogP contribution in [0.3, 0.4) is 0 Å². The van der Waals surface area contributed by atoms with Crippen molar-refractivity contribution < 1.29 is 0 Å². The monoisotopic (exact) mass is 244 g/mol. The van der Waals surface area contributed by atoms with Crippen molar-refractivity contribution in [3.63, 3.8) is 0 Å². The van der Waals surface area contributed by atoms with Crippen LogP contribution in [0.1, 0.15) is 37.6 Å². The summed E-state index contributed by atoms with van der Waals surface area (Å²) in [4.78, 5) is 0. The Balaban J connectivity index is 2.88. The van der Waals surface area contributed by atoms with E-state index in [4.69, 9.17) is 0 Å². The highest BCUT2D eigenvalue weighted by Crippen LogP contribution is 2.34. The lowest BCUT2D eigenvalue weighted by Crippen LogP contribution is -2.33. The number of hydrogen-bond acceptors (Lipinski definition) is 1. The molecule has 1 aromatic carbocycles. The lowest BCUT2D eigenvalue weighted by molar-refractivity contribution is 0.444. The van der Waals surface area contributed by atoms with Crippen LogP contribution in [0.15, 0.2) is 18.2 Å². The molecule has 98 valence electrons. The molecule has 0 atom stereocenters. The van der Waals surface area contributed by atoms with E-state index in [9.17, 15) is 0 Å². The fourth-order valence-corrected chi connectivity index (χ4v) is 2.92. The molecule has 0 aliphatic heterocycles. The van der Waals surface area contributed by atoms with Crippen LogP contribution < -0.4 is 5.32 Å². The number of para-hydroxylation sites is 1. The molecule has 0 aliphatic rings. The van der Waals surface area contributed by atoms with Crippen LogP contribution in [0.2, 0.25) is 0 Å². The second-order valence-corrected chi connectivity index (χ2v) is 5.56. The molecule has 0 spiro atoms. The maximum absolute atomic E-state index is 3.43. The van der Waals surface area contributed by atoms with Crippen molar-refractivity contribution in [2.75, 3.05) is 7.05 Å². The molecule has 1 aromatic heterocycles. The summed E-state index contributed by atoms with van der Waals surface area (Å²) < 4.78 is 2.34. The van der Waals surface area contributed by atoms with Gasteiger partial charge in [0.05, 0.1) is 5.52 Å². The van der Waals surface area contributed by atoms with Crippen molar-refractivity contribution in [2.45, 2.75) is 39.7 Å². The van der Waals surface area contributed by atoms with E-state index >= 15 is 0 Å². The molecule has 0 aliphatic carbocycles. The molecule has 2 nitrogen and oxygen atoms in total. The van der Waals surface area contributed by atoms with Crippen LogP contribution in [0.25, 0.3) is 10.9 Å². The molecule has 2 aromatic rings. The number of aromatic nitrogens is 1. The van der Waals surface area contributed by atoms with Crippen molar-refractivity contribution in [1.29, 1.82) is 0 Å². The molecule has 2 rings (SSSR count). The smallest absolute Gasteiger partial charge is 0.0515 e. The van der Waals surface area contributed by atoms with Crippen molar-refractivity contribution >= 4 is 10.9 Å². The third kappa shape index (κ3) is 1.76. The Hall–Kier alpha value is -1.28. The molecule has 2 heteroatoms. The normalized spacial score (nSPS) is 12.3. The van der Waals surface area contributed by atoms with Crippen molar-refractivity contribution in [3.8, 4) is 0 Å². The predicted molar refractivity (Wildman–Crippen MR) is 79.1 cm³/mol. The average molecular weight is 244 g/mol. The van der Waals surface area contributed by atoms with Gasteiger partial charge in [-0.25, -0.2) is 0 Å². The summed E-state index contributed by atoms with van der Waals surface area (Å²) >= 11 is 0. The minimum absolute atomic E-state index is 0.00401. The Morgan fingerprint density at radius 3 is 2.50 bits per heavy atom. The zero-order valence-corrected chi connectivity index (χ0v) is 12.4. The Bertz CT molecular complexity index is 576. The van der Waals surface area contributed by atoms with Gasteiger partial charge in [0.2, 0.25) is 0 Å². The fourth-order valence-electron chi connectivity index (χ4n) is 2.92. The highest BCUT2D eigenvalue weighted by atomic mass is 15.0. The second-order valence-electron chi connectivity index (χ2n) is 5.56. The Kier molecular flexibility index (Phi) is 3.24. The van der Waals surface area contributed by atoms with Crippen LogP contribution in [0, 0.1) is 6.92 Å². The Morgan fingerprint density at radius 2 is 1.94 bits per heavy atom. The van der Waals surface area contributed by atoms with E-state index < -0.39 is 0 Å². The van der Waals surface area contributed by atoms with Crippen LogP contribution in [-0.4, -0.2) is 11.6 Å². The number of nitrogens with one attached hydrogen (secondary N) is 1. The number of aryl methyl sites for hydroxylation is 2. The SMILES string of the molecule is CCc1cccc2c(C(C)(C)NC)c(C)n(C)c12. The van der Waals surface area contributed by atoms with E-state index in [-0.39, 0.29) is 5.54 Å². The van der Waals surface area contributed by atoms with Gasteiger partial charge in [0.15, 0.2) is 0 Å². The van der Waals surface area contributed by atoms with E-state index in [1.165, 1.54) is 27.7 Å².